The molecule has 0 fully saturated rings. The lowest BCUT2D eigenvalue weighted by atomic mass is 10.0. The van der Waals surface area contributed by atoms with Crippen LogP contribution in [0.2, 0.25) is 0 Å². The van der Waals surface area contributed by atoms with Crippen LogP contribution in [0.5, 0.6) is 5.75 Å². The number of rotatable bonds is 5. The molecule has 20 heavy (non-hydrogen) atoms. The highest BCUT2D eigenvalue weighted by molar-refractivity contribution is 5.36. The molecular formula is C18H23NO. The van der Waals surface area contributed by atoms with Gasteiger partial charge < -0.3 is 10.1 Å². The number of benzene rings is 2. The Kier molecular flexibility index (Phi) is 4.80. The van der Waals surface area contributed by atoms with Crippen molar-refractivity contribution < 1.29 is 4.74 Å². The number of hydrogen-bond donors (Lipinski definition) is 1. The summed E-state index contributed by atoms with van der Waals surface area (Å²) >= 11 is 0. The number of ether oxygens (including phenoxy) is 1. The van der Waals surface area contributed by atoms with E-state index in [1.54, 1.807) is 7.11 Å². The third kappa shape index (κ3) is 3.20. The van der Waals surface area contributed by atoms with Crippen molar-refractivity contribution in [3.63, 3.8) is 0 Å². The summed E-state index contributed by atoms with van der Waals surface area (Å²) in [6.07, 6.45) is 0. The molecule has 0 aromatic heterocycles. The van der Waals surface area contributed by atoms with Crippen LogP contribution in [0, 0.1) is 13.8 Å². The fourth-order valence-electron chi connectivity index (χ4n) is 2.52. The molecule has 0 saturated heterocycles. The number of aryl methyl sites for hydroxylation is 2. The standard InChI is InChI=1S/C18H23NO/c1-13-8-7-9-14(2)17(13)12-19-15(3)16-10-5-6-11-18(16)20-4/h5-11,15,19H,12H2,1-4H3/t15-/m0/s1. The van der Waals surface area contributed by atoms with E-state index in [-0.39, 0.29) is 6.04 Å². The predicted octanol–water partition coefficient (Wildman–Crippen LogP) is 4.16. The van der Waals surface area contributed by atoms with Gasteiger partial charge in [-0.1, -0.05) is 36.4 Å². The third-order valence-electron chi connectivity index (χ3n) is 3.83. The summed E-state index contributed by atoms with van der Waals surface area (Å²) in [4.78, 5) is 0. The monoisotopic (exact) mass is 269 g/mol. The minimum absolute atomic E-state index is 0.255. The largest absolute Gasteiger partial charge is 0.496 e. The number of para-hydroxylation sites is 1. The molecule has 0 aliphatic heterocycles. The Morgan fingerprint density at radius 2 is 1.65 bits per heavy atom. The van der Waals surface area contributed by atoms with Gasteiger partial charge in [0.2, 0.25) is 0 Å². The normalized spacial score (nSPS) is 12.2. The molecule has 0 aliphatic carbocycles. The van der Waals surface area contributed by atoms with Crippen LogP contribution in [0.4, 0.5) is 0 Å². The highest BCUT2D eigenvalue weighted by Gasteiger charge is 2.11. The predicted molar refractivity (Wildman–Crippen MR) is 84.2 cm³/mol. The molecule has 0 amide bonds. The van der Waals surface area contributed by atoms with Crippen molar-refractivity contribution in [2.24, 2.45) is 0 Å². The van der Waals surface area contributed by atoms with Gasteiger partial charge in [0.15, 0.2) is 0 Å². The Morgan fingerprint density at radius 3 is 2.30 bits per heavy atom. The molecule has 1 N–H and O–H groups in total. The fraction of sp³-hybridized carbons (Fsp3) is 0.333. The fourth-order valence-corrected chi connectivity index (χ4v) is 2.52. The summed E-state index contributed by atoms with van der Waals surface area (Å²) in [6, 6.07) is 14.9. The molecule has 1 atom stereocenters. The summed E-state index contributed by atoms with van der Waals surface area (Å²) in [7, 11) is 1.72. The van der Waals surface area contributed by atoms with Crippen LogP contribution in [0.25, 0.3) is 0 Å². The highest BCUT2D eigenvalue weighted by Crippen LogP contribution is 2.25. The molecule has 2 aromatic rings. The molecule has 0 bridgehead atoms. The molecule has 0 unspecified atom stereocenters. The van der Waals surface area contributed by atoms with Crippen molar-refractivity contribution in [3.05, 3.63) is 64.7 Å². The zero-order valence-electron chi connectivity index (χ0n) is 12.7. The van der Waals surface area contributed by atoms with E-state index in [1.165, 1.54) is 22.3 Å². The van der Waals surface area contributed by atoms with Gasteiger partial charge in [0.25, 0.3) is 0 Å². The molecule has 0 aliphatic rings. The Labute approximate surface area is 121 Å². The van der Waals surface area contributed by atoms with E-state index in [1.807, 2.05) is 12.1 Å². The van der Waals surface area contributed by atoms with Gasteiger partial charge in [-0.25, -0.2) is 0 Å². The lowest BCUT2D eigenvalue weighted by molar-refractivity contribution is 0.401. The van der Waals surface area contributed by atoms with Crippen LogP contribution < -0.4 is 10.1 Å². The molecule has 2 aromatic carbocycles. The van der Waals surface area contributed by atoms with Crippen LogP contribution in [0.15, 0.2) is 42.5 Å². The molecule has 0 saturated carbocycles. The van der Waals surface area contributed by atoms with Crippen LogP contribution >= 0.6 is 0 Å². The Morgan fingerprint density at radius 1 is 1.00 bits per heavy atom. The molecule has 0 spiro atoms. The minimum Gasteiger partial charge on any atom is -0.496 e. The molecule has 0 radical (unpaired) electrons. The van der Waals surface area contributed by atoms with Crippen molar-refractivity contribution in [3.8, 4) is 5.75 Å². The average Bonchev–Trinajstić information content (AvgIpc) is 2.46. The van der Waals surface area contributed by atoms with Crippen molar-refractivity contribution >= 4 is 0 Å². The lowest BCUT2D eigenvalue weighted by Gasteiger charge is -2.19. The van der Waals surface area contributed by atoms with Crippen molar-refractivity contribution in [2.45, 2.75) is 33.4 Å². The summed E-state index contributed by atoms with van der Waals surface area (Å²) in [6.45, 7) is 7.37. The minimum atomic E-state index is 0.255. The molecule has 2 nitrogen and oxygen atoms in total. The molecule has 2 rings (SSSR count). The molecular weight excluding hydrogens is 246 g/mol. The van der Waals surface area contributed by atoms with Crippen molar-refractivity contribution in [1.29, 1.82) is 0 Å². The van der Waals surface area contributed by atoms with Crippen molar-refractivity contribution in [1.82, 2.24) is 5.32 Å². The van der Waals surface area contributed by atoms with E-state index in [9.17, 15) is 0 Å². The van der Waals surface area contributed by atoms with E-state index in [0.717, 1.165) is 12.3 Å². The van der Waals surface area contributed by atoms with Gasteiger partial charge in [-0.3, -0.25) is 0 Å². The van der Waals surface area contributed by atoms with Gasteiger partial charge in [0, 0.05) is 18.2 Å². The van der Waals surface area contributed by atoms with Gasteiger partial charge in [0.1, 0.15) is 5.75 Å². The van der Waals surface area contributed by atoms with Crippen LogP contribution in [0.3, 0.4) is 0 Å². The summed E-state index contributed by atoms with van der Waals surface area (Å²) in [5, 5.41) is 3.59. The first-order valence-electron chi connectivity index (χ1n) is 7.05. The van der Waals surface area contributed by atoms with Crippen molar-refractivity contribution in [2.75, 3.05) is 7.11 Å². The number of nitrogens with one attached hydrogen (secondary N) is 1. The molecule has 0 heterocycles. The van der Waals surface area contributed by atoms with Gasteiger partial charge in [-0.05, 0) is 43.5 Å². The summed E-state index contributed by atoms with van der Waals surface area (Å²) in [5.41, 5.74) is 5.25. The first-order chi connectivity index (χ1) is 9.63. The topological polar surface area (TPSA) is 21.3 Å². The van der Waals surface area contributed by atoms with E-state index < -0.39 is 0 Å². The van der Waals surface area contributed by atoms with Gasteiger partial charge in [-0.15, -0.1) is 0 Å². The van der Waals surface area contributed by atoms with Gasteiger partial charge >= 0.3 is 0 Å². The first-order valence-corrected chi connectivity index (χ1v) is 7.05. The zero-order chi connectivity index (χ0) is 14.5. The maximum atomic E-state index is 5.43. The Balaban J connectivity index is 2.11. The maximum Gasteiger partial charge on any atom is 0.123 e. The number of methoxy groups -OCH3 is 1. The van der Waals surface area contributed by atoms with E-state index in [2.05, 4.69) is 56.4 Å². The SMILES string of the molecule is COc1ccccc1[C@H](C)NCc1c(C)cccc1C. The lowest BCUT2D eigenvalue weighted by Crippen LogP contribution is -2.19. The first kappa shape index (κ1) is 14.6. The molecule has 106 valence electrons. The smallest absolute Gasteiger partial charge is 0.123 e. The second-order valence-corrected chi connectivity index (χ2v) is 5.21. The Hall–Kier alpha value is -1.80. The zero-order valence-corrected chi connectivity index (χ0v) is 12.7. The van der Waals surface area contributed by atoms with E-state index in [4.69, 9.17) is 4.74 Å². The van der Waals surface area contributed by atoms with Crippen LogP contribution in [-0.2, 0) is 6.54 Å². The quantitative estimate of drug-likeness (QED) is 0.880. The summed E-state index contributed by atoms with van der Waals surface area (Å²) < 4.78 is 5.43. The van der Waals surface area contributed by atoms with E-state index >= 15 is 0 Å². The maximum absolute atomic E-state index is 5.43. The second kappa shape index (κ2) is 6.58. The third-order valence-corrected chi connectivity index (χ3v) is 3.83. The Bertz CT molecular complexity index is 557. The van der Waals surface area contributed by atoms with E-state index in [0.29, 0.717) is 0 Å². The number of hydrogen-bond acceptors (Lipinski definition) is 2. The van der Waals surface area contributed by atoms with Crippen LogP contribution in [-0.4, -0.2) is 7.11 Å². The summed E-state index contributed by atoms with van der Waals surface area (Å²) in [5.74, 6) is 0.939. The highest BCUT2D eigenvalue weighted by atomic mass is 16.5. The van der Waals surface area contributed by atoms with Crippen LogP contribution in [0.1, 0.15) is 35.2 Å². The second-order valence-electron chi connectivity index (χ2n) is 5.21. The molecule has 2 heteroatoms. The van der Waals surface area contributed by atoms with Gasteiger partial charge in [-0.2, -0.15) is 0 Å². The van der Waals surface area contributed by atoms with Gasteiger partial charge in [0.05, 0.1) is 7.11 Å². The average molecular weight is 269 g/mol.